The molecule has 2 N–H and O–H groups in total. The normalized spacial score (nSPS) is 10.3. The van der Waals surface area contributed by atoms with E-state index in [1.165, 1.54) is 12.3 Å². The van der Waals surface area contributed by atoms with E-state index in [2.05, 4.69) is 20.7 Å². The van der Waals surface area contributed by atoms with E-state index in [1.807, 2.05) is 0 Å². The Bertz CT molecular complexity index is 719. The van der Waals surface area contributed by atoms with Crippen LogP contribution in [0.5, 0.6) is 0 Å². The first-order valence-corrected chi connectivity index (χ1v) is 7.89. The van der Waals surface area contributed by atoms with Crippen molar-refractivity contribution in [3.8, 4) is 5.82 Å². The lowest BCUT2D eigenvalue weighted by Gasteiger charge is -2.10. The van der Waals surface area contributed by atoms with E-state index in [1.54, 1.807) is 13.2 Å². The lowest BCUT2D eigenvalue weighted by molar-refractivity contribution is 0.0937. The molecule has 0 bridgehead atoms. The van der Waals surface area contributed by atoms with Crippen molar-refractivity contribution in [2.45, 2.75) is 6.43 Å². The van der Waals surface area contributed by atoms with Crippen molar-refractivity contribution in [2.24, 2.45) is 0 Å². The molecule has 0 saturated heterocycles. The predicted octanol–water partition coefficient (Wildman–Crippen LogP) is 2.67. The Morgan fingerprint density at radius 3 is 2.70 bits per heavy atom. The van der Waals surface area contributed by atoms with Gasteiger partial charge in [-0.3, -0.25) is 4.79 Å². The van der Waals surface area contributed by atoms with Gasteiger partial charge in [-0.05, 0) is 12.1 Å². The molecule has 0 aromatic carbocycles. The zero-order valence-corrected chi connectivity index (χ0v) is 16.7. The van der Waals surface area contributed by atoms with Gasteiger partial charge >= 0.3 is 0 Å². The molecular formula is C15H20Cl3F2N5O2. The van der Waals surface area contributed by atoms with Gasteiger partial charge in [-0.1, -0.05) is 11.6 Å². The number of pyridine rings is 1. The third kappa shape index (κ3) is 6.86. The molecule has 7 nitrogen and oxygen atoms in total. The number of aromatic nitrogens is 3. The first-order valence-electron chi connectivity index (χ1n) is 7.51. The lowest BCUT2D eigenvalue weighted by Crippen LogP contribution is -2.33. The number of halogens is 5. The van der Waals surface area contributed by atoms with Crippen LogP contribution in [0.15, 0.2) is 24.5 Å². The highest BCUT2D eigenvalue weighted by Crippen LogP contribution is 2.27. The van der Waals surface area contributed by atoms with E-state index < -0.39 is 18.0 Å². The fraction of sp³-hybridized carbons (Fsp3) is 0.400. The zero-order chi connectivity index (χ0) is 18.2. The number of nitrogens with zero attached hydrogens (tertiary/aromatic N) is 3. The highest BCUT2D eigenvalue weighted by atomic mass is 35.5. The zero-order valence-electron chi connectivity index (χ0n) is 14.3. The Morgan fingerprint density at radius 2 is 2.07 bits per heavy atom. The van der Waals surface area contributed by atoms with Crippen molar-refractivity contribution in [1.29, 1.82) is 0 Å². The Morgan fingerprint density at radius 1 is 1.33 bits per heavy atom. The molecule has 0 fully saturated rings. The van der Waals surface area contributed by atoms with Crippen LogP contribution in [-0.2, 0) is 4.74 Å². The van der Waals surface area contributed by atoms with Gasteiger partial charge in [0.25, 0.3) is 12.3 Å². The van der Waals surface area contributed by atoms with Crippen LogP contribution in [0.25, 0.3) is 5.82 Å². The van der Waals surface area contributed by atoms with Crippen LogP contribution < -0.4 is 10.6 Å². The summed E-state index contributed by atoms with van der Waals surface area (Å²) >= 11 is 5.98. The number of methoxy groups -OCH3 is 1. The second-order valence-electron chi connectivity index (χ2n) is 4.96. The topological polar surface area (TPSA) is 81.1 Å². The van der Waals surface area contributed by atoms with Crippen LogP contribution in [0.1, 0.15) is 22.5 Å². The predicted molar refractivity (Wildman–Crippen MR) is 103 cm³/mol. The van der Waals surface area contributed by atoms with Gasteiger partial charge in [-0.15, -0.1) is 24.8 Å². The maximum Gasteiger partial charge on any atom is 0.281 e. The molecule has 0 atom stereocenters. The molecule has 2 rings (SSSR count). The van der Waals surface area contributed by atoms with E-state index in [0.717, 1.165) is 10.9 Å². The number of hydrogen-bond acceptors (Lipinski definition) is 5. The standard InChI is InChI=1S/C15H18ClF2N5O2.2ClH/c1-25-8-7-19-5-6-21-15(24)10-9-22-23(12(10)13(17)18)14-11(16)3-2-4-20-14;;/h2-4,9,13,19H,5-8H2,1H3,(H,21,24);2*1H. The SMILES string of the molecule is COCCNCCNC(=O)c1cnn(-c2ncccc2Cl)c1C(F)F.Cl.Cl. The largest absolute Gasteiger partial charge is 0.383 e. The number of rotatable bonds is 9. The van der Waals surface area contributed by atoms with Crippen LogP contribution in [0, 0.1) is 0 Å². The van der Waals surface area contributed by atoms with Gasteiger partial charge in [-0.2, -0.15) is 5.10 Å². The molecule has 0 unspecified atom stereocenters. The maximum atomic E-state index is 13.5. The summed E-state index contributed by atoms with van der Waals surface area (Å²) in [6, 6.07) is 3.08. The second kappa shape index (κ2) is 12.8. The average Bonchev–Trinajstić information content (AvgIpc) is 3.03. The first-order chi connectivity index (χ1) is 12.1. The molecule has 2 aromatic heterocycles. The molecule has 1 amide bonds. The second-order valence-corrected chi connectivity index (χ2v) is 5.37. The molecule has 0 aliphatic rings. The summed E-state index contributed by atoms with van der Waals surface area (Å²) in [5.41, 5.74) is -0.765. The smallest absolute Gasteiger partial charge is 0.281 e. The summed E-state index contributed by atoms with van der Waals surface area (Å²) in [6.07, 6.45) is -0.426. The lowest BCUT2D eigenvalue weighted by atomic mass is 10.2. The van der Waals surface area contributed by atoms with E-state index in [9.17, 15) is 13.6 Å². The van der Waals surface area contributed by atoms with Gasteiger partial charge < -0.3 is 15.4 Å². The minimum Gasteiger partial charge on any atom is -0.383 e. The van der Waals surface area contributed by atoms with E-state index in [4.69, 9.17) is 16.3 Å². The van der Waals surface area contributed by atoms with E-state index in [-0.39, 0.29) is 47.8 Å². The summed E-state index contributed by atoms with van der Waals surface area (Å²) in [5.74, 6) is -0.595. The quantitative estimate of drug-likeness (QED) is 0.579. The maximum absolute atomic E-state index is 13.5. The fourth-order valence-electron chi connectivity index (χ4n) is 2.10. The minimum absolute atomic E-state index is 0. The van der Waals surface area contributed by atoms with Crippen molar-refractivity contribution < 1.29 is 18.3 Å². The van der Waals surface area contributed by atoms with Crippen molar-refractivity contribution in [3.05, 3.63) is 40.8 Å². The molecule has 0 aliphatic heterocycles. The Balaban J connectivity index is 0.00000338. The highest BCUT2D eigenvalue weighted by Gasteiger charge is 2.26. The molecule has 0 radical (unpaired) electrons. The number of carbonyl (C=O) groups is 1. The summed E-state index contributed by atoms with van der Waals surface area (Å²) in [6.45, 7) is 1.94. The summed E-state index contributed by atoms with van der Waals surface area (Å²) in [7, 11) is 1.58. The van der Waals surface area contributed by atoms with Gasteiger partial charge in [0.05, 0.1) is 23.4 Å². The molecular weight excluding hydrogens is 427 g/mol. The van der Waals surface area contributed by atoms with Gasteiger partial charge in [0.1, 0.15) is 5.69 Å². The average molecular weight is 447 g/mol. The van der Waals surface area contributed by atoms with Gasteiger partial charge in [-0.25, -0.2) is 18.4 Å². The van der Waals surface area contributed by atoms with E-state index >= 15 is 0 Å². The van der Waals surface area contributed by atoms with Crippen molar-refractivity contribution in [2.75, 3.05) is 33.4 Å². The monoisotopic (exact) mass is 445 g/mol. The van der Waals surface area contributed by atoms with Crippen LogP contribution in [0.4, 0.5) is 8.78 Å². The van der Waals surface area contributed by atoms with Crippen molar-refractivity contribution in [3.63, 3.8) is 0 Å². The molecule has 152 valence electrons. The molecule has 0 spiro atoms. The summed E-state index contributed by atoms with van der Waals surface area (Å²) < 4.78 is 32.7. The number of ether oxygens (including phenoxy) is 1. The Hall–Kier alpha value is -1.52. The molecule has 27 heavy (non-hydrogen) atoms. The number of amides is 1. The van der Waals surface area contributed by atoms with Crippen molar-refractivity contribution in [1.82, 2.24) is 25.4 Å². The van der Waals surface area contributed by atoms with Gasteiger partial charge in [0, 0.05) is 32.9 Å². The van der Waals surface area contributed by atoms with Gasteiger partial charge in [0.15, 0.2) is 5.82 Å². The number of hydrogen-bond donors (Lipinski definition) is 2. The van der Waals surface area contributed by atoms with Crippen LogP contribution in [0.2, 0.25) is 5.02 Å². The molecule has 2 heterocycles. The summed E-state index contributed by atoms with van der Waals surface area (Å²) in [5, 5.41) is 9.61. The highest BCUT2D eigenvalue weighted by molar-refractivity contribution is 6.32. The van der Waals surface area contributed by atoms with E-state index in [0.29, 0.717) is 19.7 Å². The van der Waals surface area contributed by atoms with Crippen molar-refractivity contribution >= 4 is 42.3 Å². The third-order valence-electron chi connectivity index (χ3n) is 3.27. The van der Waals surface area contributed by atoms with Gasteiger partial charge in [0.2, 0.25) is 0 Å². The summed E-state index contributed by atoms with van der Waals surface area (Å²) in [4.78, 5) is 16.1. The molecule has 0 saturated carbocycles. The number of nitrogens with one attached hydrogen (secondary N) is 2. The molecule has 2 aromatic rings. The first kappa shape index (κ1) is 25.5. The Labute approximate surface area is 172 Å². The fourth-order valence-corrected chi connectivity index (χ4v) is 2.31. The minimum atomic E-state index is -2.92. The number of alkyl halides is 2. The van der Waals surface area contributed by atoms with Crippen LogP contribution >= 0.6 is 36.4 Å². The third-order valence-corrected chi connectivity index (χ3v) is 3.56. The van der Waals surface area contributed by atoms with Crippen LogP contribution in [0.3, 0.4) is 0 Å². The molecule has 0 aliphatic carbocycles. The Kier molecular flexibility index (Phi) is 12.1. The molecule has 12 heteroatoms. The number of carbonyl (C=O) groups excluding carboxylic acids is 1. The van der Waals surface area contributed by atoms with Crippen LogP contribution in [-0.4, -0.2) is 54.0 Å².